The Morgan fingerprint density at radius 3 is 2.82 bits per heavy atom. The molecule has 5 heteroatoms. The summed E-state index contributed by atoms with van der Waals surface area (Å²) in [4.78, 5) is 5.14. The highest BCUT2D eigenvalue weighted by Gasteiger charge is 2.13. The Morgan fingerprint density at radius 1 is 1.41 bits per heavy atom. The predicted octanol–water partition coefficient (Wildman–Crippen LogP) is 3.11. The van der Waals surface area contributed by atoms with Gasteiger partial charge >= 0.3 is 0 Å². The molecule has 0 N–H and O–H groups in total. The molecule has 5 nitrogen and oxygen atoms in total. The van der Waals surface area contributed by atoms with E-state index in [-0.39, 0.29) is 0 Å². The lowest BCUT2D eigenvalue weighted by atomic mass is 10.1. The zero-order valence-corrected chi connectivity index (χ0v) is 9.96. The van der Waals surface area contributed by atoms with Crippen molar-refractivity contribution in [1.82, 2.24) is 0 Å². The zero-order chi connectivity index (χ0) is 12.1. The van der Waals surface area contributed by atoms with Crippen LogP contribution in [-0.4, -0.2) is 20.2 Å². The monoisotopic (exact) mass is 232 g/mol. The molecule has 0 bridgehead atoms. The van der Waals surface area contributed by atoms with Gasteiger partial charge < -0.3 is 9.64 Å². The van der Waals surface area contributed by atoms with E-state index in [2.05, 4.69) is 27.1 Å². The van der Waals surface area contributed by atoms with Crippen molar-refractivity contribution >= 4 is 5.69 Å². The first-order chi connectivity index (χ1) is 8.35. The first kappa shape index (κ1) is 11.6. The van der Waals surface area contributed by atoms with Gasteiger partial charge in [0.05, 0.1) is 13.7 Å². The van der Waals surface area contributed by atoms with Crippen LogP contribution in [0.25, 0.3) is 10.4 Å². The minimum atomic E-state index is 0.335. The molecule has 0 radical (unpaired) electrons. The average Bonchev–Trinajstić information content (AvgIpc) is 2.89. The molecule has 0 aromatic heterocycles. The molecule has 0 unspecified atom stereocenters. The Bertz CT molecular complexity index is 434. The highest BCUT2D eigenvalue weighted by atomic mass is 16.5. The smallest absolute Gasteiger partial charge is 0.122 e. The number of hydrogen-bond donors (Lipinski definition) is 0. The Kier molecular flexibility index (Phi) is 3.73. The normalized spacial score (nSPS) is 14.5. The summed E-state index contributed by atoms with van der Waals surface area (Å²) in [5.41, 5.74) is 10.5. The lowest BCUT2D eigenvalue weighted by Crippen LogP contribution is -2.17. The van der Waals surface area contributed by atoms with Crippen LogP contribution in [0.3, 0.4) is 0 Å². The van der Waals surface area contributed by atoms with Crippen molar-refractivity contribution in [3.63, 3.8) is 0 Å². The molecule has 0 aliphatic carbocycles. The van der Waals surface area contributed by atoms with Crippen LogP contribution in [0.4, 0.5) is 5.69 Å². The second kappa shape index (κ2) is 5.46. The fourth-order valence-electron chi connectivity index (χ4n) is 2.17. The molecule has 1 aromatic rings. The van der Waals surface area contributed by atoms with E-state index in [9.17, 15) is 0 Å². The first-order valence-corrected chi connectivity index (χ1v) is 5.78. The van der Waals surface area contributed by atoms with Gasteiger partial charge in [0.15, 0.2) is 0 Å². The van der Waals surface area contributed by atoms with Gasteiger partial charge in [0, 0.05) is 29.3 Å². The van der Waals surface area contributed by atoms with Crippen molar-refractivity contribution in [2.24, 2.45) is 5.11 Å². The zero-order valence-electron chi connectivity index (χ0n) is 9.96. The molecule has 1 aromatic carbocycles. The summed E-state index contributed by atoms with van der Waals surface area (Å²) in [6.45, 7) is 2.54. The summed E-state index contributed by atoms with van der Waals surface area (Å²) in [5.74, 6) is 0.778. The maximum Gasteiger partial charge on any atom is 0.122 e. The molecule has 1 fully saturated rings. The highest BCUT2D eigenvalue weighted by molar-refractivity contribution is 5.53. The number of benzene rings is 1. The van der Waals surface area contributed by atoms with E-state index >= 15 is 0 Å². The lowest BCUT2D eigenvalue weighted by molar-refractivity contribution is 0.410. The van der Waals surface area contributed by atoms with Crippen molar-refractivity contribution in [3.05, 3.63) is 34.2 Å². The van der Waals surface area contributed by atoms with Crippen LogP contribution in [0.15, 0.2) is 23.3 Å². The molecule has 1 aliphatic heterocycles. The van der Waals surface area contributed by atoms with Crippen LogP contribution >= 0.6 is 0 Å². The Hall–Kier alpha value is -1.87. The van der Waals surface area contributed by atoms with Crippen molar-refractivity contribution in [2.75, 3.05) is 25.1 Å². The molecule has 17 heavy (non-hydrogen) atoms. The number of methoxy groups -OCH3 is 1. The van der Waals surface area contributed by atoms with Crippen LogP contribution in [0.5, 0.6) is 5.75 Å². The van der Waals surface area contributed by atoms with Gasteiger partial charge in [-0.1, -0.05) is 5.11 Å². The molecule has 1 heterocycles. The molecule has 0 spiro atoms. The Morgan fingerprint density at radius 2 is 2.18 bits per heavy atom. The summed E-state index contributed by atoms with van der Waals surface area (Å²) in [5, 5.41) is 3.60. The third-order valence-corrected chi connectivity index (χ3v) is 3.04. The summed E-state index contributed by atoms with van der Waals surface area (Å²) >= 11 is 0. The molecular formula is C12H16N4O. The molecule has 1 aliphatic rings. The van der Waals surface area contributed by atoms with Gasteiger partial charge in [0.2, 0.25) is 0 Å². The third-order valence-electron chi connectivity index (χ3n) is 3.04. The van der Waals surface area contributed by atoms with E-state index in [1.165, 1.54) is 18.5 Å². The Balaban J connectivity index is 2.26. The molecule has 1 saturated heterocycles. The van der Waals surface area contributed by atoms with Crippen molar-refractivity contribution in [3.8, 4) is 5.75 Å². The lowest BCUT2D eigenvalue weighted by Gasteiger charge is -2.19. The maximum absolute atomic E-state index is 8.38. The minimum Gasteiger partial charge on any atom is -0.496 e. The van der Waals surface area contributed by atoms with Gasteiger partial charge in [0.25, 0.3) is 0 Å². The summed E-state index contributed by atoms with van der Waals surface area (Å²) in [7, 11) is 1.63. The van der Waals surface area contributed by atoms with E-state index in [1.807, 2.05) is 6.07 Å². The summed E-state index contributed by atoms with van der Waals surface area (Å²) < 4.78 is 5.26. The van der Waals surface area contributed by atoms with Crippen LogP contribution in [0.1, 0.15) is 18.4 Å². The molecular weight excluding hydrogens is 216 g/mol. The second-order valence-electron chi connectivity index (χ2n) is 4.08. The number of nitrogens with zero attached hydrogens (tertiary/aromatic N) is 4. The molecule has 2 rings (SSSR count). The van der Waals surface area contributed by atoms with E-state index in [0.29, 0.717) is 6.54 Å². The standard InChI is InChI=1S/C12H16N4O/c1-17-12-5-4-11(16-6-2-3-7-16)8-10(12)9-14-15-13/h4-5,8H,2-3,6-7,9H2,1H3. The van der Waals surface area contributed by atoms with Crippen molar-refractivity contribution < 1.29 is 4.74 Å². The fraction of sp³-hybridized carbons (Fsp3) is 0.500. The predicted molar refractivity (Wildman–Crippen MR) is 67.3 cm³/mol. The fourth-order valence-corrected chi connectivity index (χ4v) is 2.17. The van der Waals surface area contributed by atoms with Gasteiger partial charge in [0.1, 0.15) is 5.75 Å². The SMILES string of the molecule is COc1ccc(N2CCCC2)cc1CN=[N+]=[N-]. The van der Waals surface area contributed by atoms with E-state index < -0.39 is 0 Å². The number of hydrogen-bond acceptors (Lipinski definition) is 3. The molecule has 0 saturated carbocycles. The molecule has 90 valence electrons. The van der Waals surface area contributed by atoms with Crippen molar-refractivity contribution in [1.29, 1.82) is 0 Å². The molecule has 0 amide bonds. The topological polar surface area (TPSA) is 61.2 Å². The number of rotatable bonds is 4. The van der Waals surface area contributed by atoms with Gasteiger partial charge in [-0.3, -0.25) is 0 Å². The minimum absolute atomic E-state index is 0.335. The first-order valence-electron chi connectivity index (χ1n) is 5.78. The van der Waals surface area contributed by atoms with E-state index in [0.717, 1.165) is 24.4 Å². The van der Waals surface area contributed by atoms with E-state index in [4.69, 9.17) is 10.3 Å². The van der Waals surface area contributed by atoms with Crippen molar-refractivity contribution in [2.45, 2.75) is 19.4 Å². The molecule has 0 atom stereocenters. The average molecular weight is 232 g/mol. The maximum atomic E-state index is 8.38. The number of anilines is 1. The van der Waals surface area contributed by atoms with Crippen LogP contribution in [0, 0.1) is 0 Å². The highest BCUT2D eigenvalue weighted by Crippen LogP contribution is 2.27. The summed E-state index contributed by atoms with van der Waals surface area (Å²) in [6, 6.07) is 6.05. The number of ether oxygens (including phenoxy) is 1. The second-order valence-corrected chi connectivity index (χ2v) is 4.08. The third kappa shape index (κ3) is 2.63. The quantitative estimate of drug-likeness (QED) is 0.455. The number of azide groups is 1. The largest absolute Gasteiger partial charge is 0.496 e. The van der Waals surface area contributed by atoms with Crippen LogP contribution < -0.4 is 9.64 Å². The summed E-state index contributed by atoms with van der Waals surface area (Å²) in [6.07, 6.45) is 2.50. The van der Waals surface area contributed by atoms with Crippen LogP contribution in [0.2, 0.25) is 0 Å². The Labute approximate surface area is 101 Å². The van der Waals surface area contributed by atoms with Gasteiger partial charge in [-0.05, 0) is 36.6 Å². The van der Waals surface area contributed by atoms with Gasteiger partial charge in [-0.25, -0.2) is 0 Å². The van der Waals surface area contributed by atoms with Gasteiger partial charge in [-0.2, -0.15) is 0 Å². The van der Waals surface area contributed by atoms with Crippen LogP contribution in [-0.2, 0) is 6.54 Å². The van der Waals surface area contributed by atoms with Gasteiger partial charge in [-0.15, -0.1) is 0 Å². The van der Waals surface area contributed by atoms with E-state index in [1.54, 1.807) is 7.11 Å².